The van der Waals surface area contributed by atoms with E-state index in [9.17, 15) is 4.79 Å². The van der Waals surface area contributed by atoms with Gasteiger partial charge in [0.1, 0.15) is 0 Å². The van der Waals surface area contributed by atoms with E-state index in [1.54, 1.807) is 14.2 Å². The maximum absolute atomic E-state index is 11.7. The number of nitrogens with one attached hydrogen (secondary N) is 3. The molecule has 0 aliphatic carbocycles. The van der Waals surface area contributed by atoms with E-state index in [2.05, 4.69) is 16.0 Å². The summed E-state index contributed by atoms with van der Waals surface area (Å²) in [5.74, 6) is 1.47. The first kappa shape index (κ1) is 19.4. The second-order valence-electron chi connectivity index (χ2n) is 6.20. The van der Waals surface area contributed by atoms with Crippen LogP contribution in [0.1, 0.15) is 19.4 Å². The van der Waals surface area contributed by atoms with Gasteiger partial charge in [0.25, 0.3) is 0 Å². The summed E-state index contributed by atoms with van der Waals surface area (Å²) in [5, 5.41) is 8.96. The van der Waals surface area contributed by atoms with Gasteiger partial charge >= 0.3 is 6.03 Å². The van der Waals surface area contributed by atoms with Gasteiger partial charge in [-0.3, -0.25) is 0 Å². The van der Waals surface area contributed by atoms with Crippen LogP contribution in [0.3, 0.4) is 0 Å². The Kier molecular flexibility index (Phi) is 7.14. The molecule has 0 fully saturated rings. The predicted molar refractivity (Wildman–Crippen MR) is 105 cm³/mol. The van der Waals surface area contributed by atoms with Crippen LogP contribution in [0.4, 0.5) is 16.2 Å². The highest BCUT2D eigenvalue weighted by atomic mass is 16.5. The first-order valence-corrected chi connectivity index (χ1v) is 8.64. The van der Waals surface area contributed by atoms with Gasteiger partial charge in [-0.1, -0.05) is 6.07 Å². The summed E-state index contributed by atoms with van der Waals surface area (Å²) < 4.78 is 10.6. The van der Waals surface area contributed by atoms with Crippen molar-refractivity contribution in [1.29, 1.82) is 0 Å². The van der Waals surface area contributed by atoms with E-state index in [-0.39, 0.29) is 12.1 Å². The molecular formula is C20H27N3O3. The predicted octanol–water partition coefficient (Wildman–Crippen LogP) is 3.89. The maximum atomic E-state index is 11.7. The van der Waals surface area contributed by atoms with Gasteiger partial charge in [0, 0.05) is 24.0 Å². The normalized spacial score (nSPS) is 10.3. The minimum atomic E-state index is -0.200. The first-order valence-electron chi connectivity index (χ1n) is 8.64. The number of amides is 2. The molecule has 0 aromatic heterocycles. The lowest BCUT2D eigenvalue weighted by molar-refractivity contribution is 0.250. The van der Waals surface area contributed by atoms with Crippen LogP contribution >= 0.6 is 0 Å². The van der Waals surface area contributed by atoms with Gasteiger partial charge in [-0.25, -0.2) is 4.79 Å². The fraction of sp³-hybridized carbons (Fsp3) is 0.350. The number of hydrogen-bond donors (Lipinski definition) is 3. The number of hydrogen-bond acceptors (Lipinski definition) is 4. The number of carbonyl (C=O) groups excluding carboxylic acids is 1. The summed E-state index contributed by atoms with van der Waals surface area (Å²) in [7, 11) is 3.26. The van der Waals surface area contributed by atoms with Crippen LogP contribution in [0.25, 0.3) is 0 Å². The van der Waals surface area contributed by atoms with Gasteiger partial charge in [-0.05, 0) is 62.2 Å². The van der Waals surface area contributed by atoms with Crippen molar-refractivity contribution in [3.05, 3.63) is 48.0 Å². The van der Waals surface area contributed by atoms with Gasteiger partial charge in [-0.2, -0.15) is 0 Å². The Bertz CT molecular complexity index is 715. The smallest absolute Gasteiger partial charge is 0.319 e. The summed E-state index contributed by atoms with van der Waals surface area (Å²) in [6.07, 6.45) is 0.858. The van der Waals surface area contributed by atoms with E-state index in [0.717, 1.165) is 35.8 Å². The molecule has 3 N–H and O–H groups in total. The number of ether oxygens (including phenoxy) is 2. The number of rotatable bonds is 8. The Balaban J connectivity index is 1.83. The molecule has 0 heterocycles. The summed E-state index contributed by atoms with van der Waals surface area (Å²) in [6.45, 7) is 4.63. The van der Waals surface area contributed by atoms with Gasteiger partial charge in [0.15, 0.2) is 11.5 Å². The van der Waals surface area contributed by atoms with Crippen LogP contribution < -0.4 is 25.4 Å². The molecule has 0 atom stereocenters. The first-order chi connectivity index (χ1) is 12.5. The van der Waals surface area contributed by atoms with Crippen LogP contribution in [0, 0.1) is 0 Å². The zero-order valence-electron chi connectivity index (χ0n) is 15.8. The SMILES string of the molecule is COc1ccc(CCNc2ccc(NC(=O)NC(C)C)cc2)cc1OC. The average Bonchev–Trinajstić information content (AvgIpc) is 2.62. The van der Waals surface area contributed by atoms with Crippen molar-refractivity contribution in [2.75, 3.05) is 31.4 Å². The molecule has 2 aromatic rings. The van der Waals surface area contributed by atoms with Crippen molar-refractivity contribution in [3.63, 3.8) is 0 Å². The average molecular weight is 357 g/mol. The Morgan fingerprint density at radius 1 is 0.962 bits per heavy atom. The van der Waals surface area contributed by atoms with Crippen LogP contribution in [0.15, 0.2) is 42.5 Å². The summed E-state index contributed by atoms with van der Waals surface area (Å²) >= 11 is 0. The number of methoxy groups -OCH3 is 2. The molecule has 0 aliphatic heterocycles. The van der Waals surface area contributed by atoms with E-state index < -0.39 is 0 Å². The molecule has 6 heteroatoms. The van der Waals surface area contributed by atoms with Crippen molar-refractivity contribution >= 4 is 17.4 Å². The standard InChI is InChI=1S/C20H27N3O3/c1-14(2)22-20(24)23-17-8-6-16(7-9-17)21-12-11-15-5-10-18(25-3)19(13-15)26-4/h5-10,13-14,21H,11-12H2,1-4H3,(H2,22,23,24). The van der Waals surface area contributed by atoms with Crippen molar-refractivity contribution in [2.45, 2.75) is 26.3 Å². The molecule has 6 nitrogen and oxygen atoms in total. The van der Waals surface area contributed by atoms with Gasteiger partial charge in [0.05, 0.1) is 14.2 Å². The molecule has 26 heavy (non-hydrogen) atoms. The maximum Gasteiger partial charge on any atom is 0.319 e. The molecule has 2 aromatic carbocycles. The third-order valence-corrected chi connectivity index (χ3v) is 3.75. The van der Waals surface area contributed by atoms with Gasteiger partial charge < -0.3 is 25.4 Å². The highest BCUT2D eigenvalue weighted by molar-refractivity contribution is 5.89. The minimum absolute atomic E-state index is 0.104. The second kappa shape index (κ2) is 9.56. The minimum Gasteiger partial charge on any atom is -0.493 e. The van der Waals surface area contributed by atoms with E-state index in [1.807, 2.05) is 56.3 Å². The Labute approximate surface area is 154 Å². The molecule has 2 rings (SSSR count). The molecule has 0 unspecified atom stereocenters. The van der Waals surface area contributed by atoms with Crippen LogP contribution in [0.2, 0.25) is 0 Å². The largest absolute Gasteiger partial charge is 0.493 e. The molecule has 0 saturated heterocycles. The number of benzene rings is 2. The Morgan fingerprint density at radius 2 is 1.62 bits per heavy atom. The van der Waals surface area contributed by atoms with Crippen molar-refractivity contribution in [2.24, 2.45) is 0 Å². The van der Waals surface area contributed by atoms with Crippen molar-refractivity contribution in [1.82, 2.24) is 5.32 Å². The Hall–Kier alpha value is -2.89. The number of carbonyl (C=O) groups is 1. The van der Waals surface area contributed by atoms with E-state index in [4.69, 9.17) is 9.47 Å². The second-order valence-corrected chi connectivity index (χ2v) is 6.20. The summed E-state index contributed by atoms with van der Waals surface area (Å²) in [6, 6.07) is 13.5. The highest BCUT2D eigenvalue weighted by Gasteiger charge is 2.05. The van der Waals surface area contributed by atoms with Crippen LogP contribution in [0.5, 0.6) is 11.5 Å². The zero-order chi connectivity index (χ0) is 18.9. The van der Waals surface area contributed by atoms with E-state index in [0.29, 0.717) is 0 Å². The molecule has 0 radical (unpaired) electrons. The third kappa shape index (κ3) is 5.88. The number of urea groups is 1. The lowest BCUT2D eigenvalue weighted by Gasteiger charge is -2.12. The molecule has 0 aliphatic rings. The third-order valence-electron chi connectivity index (χ3n) is 3.75. The number of anilines is 2. The fourth-order valence-electron chi connectivity index (χ4n) is 2.49. The summed E-state index contributed by atoms with van der Waals surface area (Å²) in [4.78, 5) is 11.7. The topological polar surface area (TPSA) is 71.6 Å². The van der Waals surface area contributed by atoms with Crippen molar-refractivity contribution < 1.29 is 14.3 Å². The Morgan fingerprint density at radius 3 is 2.23 bits per heavy atom. The monoisotopic (exact) mass is 357 g/mol. The fourth-order valence-corrected chi connectivity index (χ4v) is 2.49. The lowest BCUT2D eigenvalue weighted by Crippen LogP contribution is -2.34. The van der Waals surface area contributed by atoms with Gasteiger partial charge in [0.2, 0.25) is 0 Å². The molecular weight excluding hydrogens is 330 g/mol. The van der Waals surface area contributed by atoms with E-state index >= 15 is 0 Å². The van der Waals surface area contributed by atoms with Crippen molar-refractivity contribution in [3.8, 4) is 11.5 Å². The highest BCUT2D eigenvalue weighted by Crippen LogP contribution is 2.27. The lowest BCUT2D eigenvalue weighted by atomic mass is 10.1. The molecule has 0 spiro atoms. The molecule has 0 bridgehead atoms. The molecule has 140 valence electrons. The van der Waals surface area contributed by atoms with Crippen LogP contribution in [-0.2, 0) is 6.42 Å². The summed E-state index contributed by atoms with van der Waals surface area (Å²) in [5.41, 5.74) is 2.92. The van der Waals surface area contributed by atoms with E-state index in [1.165, 1.54) is 5.56 Å². The molecule has 2 amide bonds. The zero-order valence-corrected chi connectivity index (χ0v) is 15.8. The van der Waals surface area contributed by atoms with Gasteiger partial charge in [-0.15, -0.1) is 0 Å². The van der Waals surface area contributed by atoms with Crippen LogP contribution in [-0.4, -0.2) is 32.8 Å². The quantitative estimate of drug-likeness (QED) is 0.670. The molecule has 0 saturated carbocycles.